The van der Waals surface area contributed by atoms with Gasteiger partial charge in [0.15, 0.2) is 11.5 Å². The van der Waals surface area contributed by atoms with Gasteiger partial charge in [-0.05, 0) is 45.7 Å². The first kappa shape index (κ1) is 18.4. The summed E-state index contributed by atoms with van der Waals surface area (Å²) in [5.41, 5.74) is 8.33. The molecule has 0 fully saturated rings. The standard InChI is InChI=1S/C22H17IN2O3/c1-26-18-10-13(9-17(23)21(18)27-2)19-15-8-7-12-5-3-4-6-14(12)20(15)28-22(25)16(19)11-24/h3-10,19H,25H2,1-2H3. The average molecular weight is 484 g/mol. The lowest BCUT2D eigenvalue weighted by Crippen LogP contribution is -2.21. The molecule has 6 heteroatoms. The molecule has 0 aliphatic carbocycles. The van der Waals surface area contributed by atoms with Crippen LogP contribution in [0.2, 0.25) is 0 Å². The van der Waals surface area contributed by atoms with Crippen LogP contribution in [-0.2, 0) is 0 Å². The zero-order chi connectivity index (χ0) is 19.8. The molecule has 0 aromatic heterocycles. The van der Waals surface area contributed by atoms with Crippen molar-refractivity contribution in [2.45, 2.75) is 5.92 Å². The lowest BCUT2D eigenvalue weighted by atomic mass is 9.82. The fourth-order valence-corrected chi connectivity index (χ4v) is 4.48. The Morgan fingerprint density at radius 3 is 2.61 bits per heavy atom. The third-order valence-corrected chi connectivity index (χ3v) is 5.70. The third-order valence-electron chi connectivity index (χ3n) is 4.90. The van der Waals surface area contributed by atoms with Crippen LogP contribution in [0.25, 0.3) is 10.8 Å². The molecular weight excluding hydrogens is 467 g/mol. The summed E-state index contributed by atoms with van der Waals surface area (Å²) in [6, 6.07) is 18.1. The maximum absolute atomic E-state index is 9.80. The van der Waals surface area contributed by atoms with Gasteiger partial charge in [0, 0.05) is 10.9 Å². The van der Waals surface area contributed by atoms with E-state index >= 15 is 0 Å². The Hall–Kier alpha value is -2.92. The normalized spacial score (nSPS) is 15.6. The summed E-state index contributed by atoms with van der Waals surface area (Å²) in [6.07, 6.45) is 0. The maximum Gasteiger partial charge on any atom is 0.205 e. The minimum atomic E-state index is -0.355. The Balaban J connectivity index is 2.00. The van der Waals surface area contributed by atoms with E-state index in [9.17, 15) is 5.26 Å². The molecule has 2 N–H and O–H groups in total. The lowest BCUT2D eigenvalue weighted by Gasteiger charge is -2.28. The molecule has 1 heterocycles. The SMILES string of the molecule is COc1cc(C2C(C#N)=C(N)Oc3c2ccc2ccccc32)cc(I)c1OC. The van der Waals surface area contributed by atoms with Crippen LogP contribution in [0.5, 0.6) is 17.2 Å². The van der Waals surface area contributed by atoms with Crippen LogP contribution in [0.1, 0.15) is 17.0 Å². The molecule has 0 saturated carbocycles. The zero-order valence-electron chi connectivity index (χ0n) is 15.3. The molecule has 28 heavy (non-hydrogen) atoms. The Kier molecular flexibility index (Phi) is 4.77. The molecule has 0 amide bonds. The number of hydrogen-bond donors (Lipinski definition) is 1. The smallest absolute Gasteiger partial charge is 0.205 e. The Morgan fingerprint density at radius 1 is 1.11 bits per heavy atom. The number of halogens is 1. The van der Waals surface area contributed by atoms with Crippen LogP contribution in [0, 0.1) is 14.9 Å². The van der Waals surface area contributed by atoms with Gasteiger partial charge in [-0.25, -0.2) is 0 Å². The quantitative estimate of drug-likeness (QED) is 0.547. The van der Waals surface area contributed by atoms with Gasteiger partial charge >= 0.3 is 0 Å². The first-order valence-electron chi connectivity index (χ1n) is 8.59. The van der Waals surface area contributed by atoms with E-state index in [1.165, 1.54) is 0 Å². The molecular formula is C22H17IN2O3. The van der Waals surface area contributed by atoms with Crippen LogP contribution in [0.15, 0.2) is 60.0 Å². The van der Waals surface area contributed by atoms with Gasteiger partial charge in [0.1, 0.15) is 17.4 Å². The number of allylic oxidation sites excluding steroid dienone is 1. The van der Waals surface area contributed by atoms with E-state index in [4.69, 9.17) is 19.9 Å². The monoisotopic (exact) mass is 484 g/mol. The first-order chi connectivity index (χ1) is 13.6. The molecule has 1 aliphatic heterocycles. The van der Waals surface area contributed by atoms with E-state index in [1.807, 2.05) is 48.5 Å². The molecule has 0 radical (unpaired) electrons. The van der Waals surface area contributed by atoms with E-state index in [1.54, 1.807) is 14.2 Å². The number of rotatable bonds is 3. The molecule has 0 spiro atoms. The van der Waals surface area contributed by atoms with Crippen LogP contribution >= 0.6 is 22.6 Å². The predicted molar refractivity (Wildman–Crippen MR) is 116 cm³/mol. The number of ether oxygens (including phenoxy) is 3. The maximum atomic E-state index is 9.80. The fourth-order valence-electron chi connectivity index (χ4n) is 3.63. The van der Waals surface area contributed by atoms with Gasteiger partial charge in [0.25, 0.3) is 0 Å². The van der Waals surface area contributed by atoms with E-state index in [-0.39, 0.29) is 11.8 Å². The first-order valence-corrected chi connectivity index (χ1v) is 9.67. The summed E-state index contributed by atoms with van der Waals surface area (Å²) in [6.45, 7) is 0. The Morgan fingerprint density at radius 2 is 1.89 bits per heavy atom. The van der Waals surface area contributed by atoms with Gasteiger partial charge in [-0.3, -0.25) is 0 Å². The van der Waals surface area contributed by atoms with E-state index in [0.717, 1.165) is 25.5 Å². The number of nitrogens with zero attached hydrogens (tertiary/aromatic N) is 1. The highest BCUT2D eigenvalue weighted by Crippen LogP contribution is 2.47. The van der Waals surface area contributed by atoms with E-state index < -0.39 is 0 Å². The third kappa shape index (κ3) is 2.83. The molecule has 3 aromatic carbocycles. The summed E-state index contributed by atoms with van der Waals surface area (Å²) in [4.78, 5) is 0. The number of fused-ring (bicyclic) bond motifs is 3. The largest absolute Gasteiger partial charge is 0.493 e. The second kappa shape index (κ2) is 7.24. The molecule has 3 aromatic rings. The van der Waals surface area contributed by atoms with Crippen molar-refractivity contribution in [1.82, 2.24) is 0 Å². The second-order valence-electron chi connectivity index (χ2n) is 6.37. The summed E-state index contributed by atoms with van der Waals surface area (Å²) in [7, 11) is 3.20. The number of benzene rings is 3. The van der Waals surface area contributed by atoms with Gasteiger partial charge in [-0.1, -0.05) is 36.4 Å². The molecule has 1 atom stereocenters. The van der Waals surface area contributed by atoms with Crippen molar-refractivity contribution in [3.63, 3.8) is 0 Å². The fraction of sp³-hybridized carbons (Fsp3) is 0.136. The van der Waals surface area contributed by atoms with E-state index in [2.05, 4.69) is 28.7 Å². The minimum absolute atomic E-state index is 0.126. The summed E-state index contributed by atoms with van der Waals surface area (Å²) >= 11 is 2.20. The van der Waals surface area contributed by atoms with Gasteiger partial charge in [0.05, 0.1) is 23.7 Å². The minimum Gasteiger partial charge on any atom is -0.493 e. The van der Waals surface area contributed by atoms with Crippen molar-refractivity contribution in [2.75, 3.05) is 14.2 Å². The van der Waals surface area contributed by atoms with Gasteiger partial charge in [0.2, 0.25) is 5.88 Å². The van der Waals surface area contributed by atoms with Crippen molar-refractivity contribution in [3.8, 4) is 23.3 Å². The van der Waals surface area contributed by atoms with Gasteiger partial charge < -0.3 is 19.9 Å². The molecule has 4 rings (SSSR count). The van der Waals surface area contributed by atoms with Gasteiger partial charge in [-0.15, -0.1) is 0 Å². The van der Waals surface area contributed by atoms with Crippen LogP contribution < -0.4 is 19.9 Å². The second-order valence-corrected chi connectivity index (χ2v) is 7.53. The van der Waals surface area contributed by atoms with Crippen molar-refractivity contribution in [3.05, 3.63) is 74.7 Å². The van der Waals surface area contributed by atoms with Crippen LogP contribution in [-0.4, -0.2) is 14.2 Å². The van der Waals surface area contributed by atoms with Crippen LogP contribution in [0.4, 0.5) is 0 Å². The highest BCUT2D eigenvalue weighted by atomic mass is 127. The Bertz CT molecular complexity index is 1160. The predicted octanol–water partition coefficient (Wildman–Crippen LogP) is 4.68. The Labute approximate surface area is 176 Å². The summed E-state index contributed by atoms with van der Waals surface area (Å²) in [5, 5.41) is 11.8. The number of nitrogens with two attached hydrogens (primary N) is 1. The van der Waals surface area contributed by atoms with Crippen molar-refractivity contribution in [2.24, 2.45) is 5.73 Å². The van der Waals surface area contributed by atoms with Crippen molar-refractivity contribution < 1.29 is 14.2 Å². The molecule has 140 valence electrons. The number of hydrogen-bond acceptors (Lipinski definition) is 5. The zero-order valence-corrected chi connectivity index (χ0v) is 17.5. The van der Waals surface area contributed by atoms with Gasteiger partial charge in [-0.2, -0.15) is 5.26 Å². The summed E-state index contributed by atoms with van der Waals surface area (Å²) < 4.78 is 17.8. The number of methoxy groups -OCH3 is 2. The van der Waals surface area contributed by atoms with E-state index in [0.29, 0.717) is 22.8 Å². The highest BCUT2D eigenvalue weighted by molar-refractivity contribution is 14.1. The van der Waals surface area contributed by atoms with Crippen LogP contribution in [0.3, 0.4) is 0 Å². The lowest BCUT2D eigenvalue weighted by molar-refractivity contribution is 0.352. The molecule has 1 aliphatic rings. The number of nitriles is 1. The molecule has 0 saturated heterocycles. The molecule has 0 bridgehead atoms. The molecule has 5 nitrogen and oxygen atoms in total. The van der Waals surface area contributed by atoms with Crippen molar-refractivity contribution in [1.29, 1.82) is 5.26 Å². The average Bonchev–Trinajstić information content (AvgIpc) is 2.72. The van der Waals surface area contributed by atoms with Crippen molar-refractivity contribution >= 4 is 33.4 Å². The summed E-state index contributed by atoms with van der Waals surface area (Å²) in [5.74, 6) is 1.72. The highest BCUT2D eigenvalue weighted by Gasteiger charge is 2.32. The topological polar surface area (TPSA) is 77.5 Å². The molecule has 1 unspecified atom stereocenters.